The Balaban J connectivity index is 2.99. The van der Waals surface area contributed by atoms with Crippen LogP contribution in [0.25, 0.3) is 0 Å². The van der Waals surface area contributed by atoms with Crippen LogP contribution in [0.4, 0.5) is 4.39 Å². The first-order valence-electron chi connectivity index (χ1n) is 4.31. The minimum Gasteiger partial charge on any atom is -0.313 e. The second kappa shape index (κ2) is 4.58. The maximum atomic E-state index is 13.4. The van der Waals surface area contributed by atoms with Gasteiger partial charge in [0.25, 0.3) is 0 Å². The summed E-state index contributed by atoms with van der Waals surface area (Å²) in [7, 11) is 1.82. The van der Waals surface area contributed by atoms with E-state index in [9.17, 15) is 4.39 Å². The molecule has 1 aromatic carbocycles. The molecule has 13 heavy (non-hydrogen) atoms. The number of nitrogens with one attached hydrogen (secondary N) is 1. The molecule has 0 spiro atoms. The molecule has 3 heteroatoms. The van der Waals surface area contributed by atoms with Crippen molar-refractivity contribution in [1.29, 1.82) is 0 Å². The van der Waals surface area contributed by atoms with Gasteiger partial charge in [0.15, 0.2) is 0 Å². The third kappa shape index (κ3) is 2.42. The Morgan fingerprint density at radius 2 is 2.23 bits per heavy atom. The van der Waals surface area contributed by atoms with Crippen molar-refractivity contribution in [3.8, 4) is 0 Å². The Morgan fingerprint density at radius 3 is 2.69 bits per heavy atom. The van der Waals surface area contributed by atoms with Gasteiger partial charge in [-0.1, -0.05) is 24.6 Å². The van der Waals surface area contributed by atoms with Crippen molar-refractivity contribution < 1.29 is 4.39 Å². The summed E-state index contributed by atoms with van der Waals surface area (Å²) >= 11 is 5.65. The molecule has 0 aliphatic rings. The third-order valence-corrected chi connectivity index (χ3v) is 2.33. The highest BCUT2D eigenvalue weighted by Crippen LogP contribution is 2.22. The average molecular weight is 202 g/mol. The Hall–Kier alpha value is -0.600. The molecule has 0 aliphatic heterocycles. The van der Waals surface area contributed by atoms with Crippen LogP contribution in [0.1, 0.15) is 24.9 Å². The van der Waals surface area contributed by atoms with Crippen LogP contribution < -0.4 is 5.32 Å². The predicted molar refractivity (Wildman–Crippen MR) is 53.5 cm³/mol. The van der Waals surface area contributed by atoms with Crippen LogP contribution >= 0.6 is 11.6 Å². The Kier molecular flexibility index (Phi) is 3.70. The van der Waals surface area contributed by atoms with Gasteiger partial charge in [-0.15, -0.1) is 0 Å². The monoisotopic (exact) mass is 201 g/mol. The van der Waals surface area contributed by atoms with Crippen LogP contribution in [-0.2, 0) is 0 Å². The molecule has 0 radical (unpaired) electrons. The maximum absolute atomic E-state index is 13.4. The van der Waals surface area contributed by atoms with E-state index in [0.717, 1.165) is 6.42 Å². The molecule has 0 fully saturated rings. The minimum absolute atomic E-state index is 0.0669. The van der Waals surface area contributed by atoms with Gasteiger partial charge in [-0.2, -0.15) is 0 Å². The van der Waals surface area contributed by atoms with E-state index in [2.05, 4.69) is 5.32 Å². The second-order valence-corrected chi connectivity index (χ2v) is 3.35. The summed E-state index contributed by atoms with van der Waals surface area (Å²) in [5.74, 6) is -0.242. The molecule has 0 saturated heterocycles. The van der Waals surface area contributed by atoms with E-state index in [4.69, 9.17) is 11.6 Å². The smallest absolute Gasteiger partial charge is 0.129 e. The van der Waals surface area contributed by atoms with Gasteiger partial charge in [0.2, 0.25) is 0 Å². The van der Waals surface area contributed by atoms with E-state index in [1.807, 2.05) is 14.0 Å². The first-order valence-corrected chi connectivity index (χ1v) is 4.69. The van der Waals surface area contributed by atoms with Gasteiger partial charge in [0, 0.05) is 16.6 Å². The lowest BCUT2D eigenvalue weighted by Gasteiger charge is -2.14. The van der Waals surface area contributed by atoms with Crippen molar-refractivity contribution in [3.63, 3.8) is 0 Å². The van der Waals surface area contributed by atoms with Crippen molar-refractivity contribution in [2.75, 3.05) is 7.05 Å². The van der Waals surface area contributed by atoms with Gasteiger partial charge in [-0.05, 0) is 25.6 Å². The molecule has 1 rings (SSSR count). The van der Waals surface area contributed by atoms with E-state index >= 15 is 0 Å². The van der Waals surface area contributed by atoms with E-state index in [-0.39, 0.29) is 11.9 Å². The molecule has 0 saturated carbocycles. The van der Waals surface area contributed by atoms with Crippen LogP contribution in [0.15, 0.2) is 18.2 Å². The molecule has 0 unspecified atom stereocenters. The second-order valence-electron chi connectivity index (χ2n) is 2.92. The lowest BCUT2D eigenvalue weighted by atomic mass is 10.0. The maximum Gasteiger partial charge on any atom is 0.129 e. The highest BCUT2D eigenvalue weighted by atomic mass is 35.5. The van der Waals surface area contributed by atoms with E-state index in [0.29, 0.717) is 10.6 Å². The highest BCUT2D eigenvalue weighted by molar-refractivity contribution is 6.30. The summed E-state index contributed by atoms with van der Waals surface area (Å²) in [4.78, 5) is 0. The normalized spacial score (nSPS) is 12.9. The van der Waals surface area contributed by atoms with E-state index in [1.54, 1.807) is 12.1 Å². The lowest BCUT2D eigenvalue weighted by Crippen LogP contribution is -2.16. The lowest BCUT2D eigenvalue weighted by molar-refractivity contribution is 0.525. The van der Waals surface area contributed by atoms with Crippen LogP contribution in [-0.4, -0.2) is 7.05 Å². The highest BCUT2D eigenvalue weighted by Gasteiger charge is 2.11. The van der Waals surface area contributed by atoms with Gasteiger partial charge in [0.1, 0.15) is 5.82 Å². The summed E-state index contributed by atoms with van der Waals surface area (Å²) in [6.45, 7) is 2.01. The zero-order valence-corrected chi connectivity index (χ0v) is 8.53. The van der Waals surface area contributed by atoms with Crippen molar-refractivity contribution in [3.05, 3.63) is 34.6 Å². The molecule has 1 nitrogen and oxygen atoms in total. The average Bonchev–Trinajstić information content (AvgIpc) is 2.10. The number of hydrogen-bond acceptors (Lipinski definition) is 1. The molecule has 1 aromatic rings. The molecule has 0 bridgehead atoms. The predicted octanol–water partition coefficient (Wildman–Crippen LogP) is 3.15. The largest absolute Gasteiger partial charge is 0.313 e. The van der Waals surface area contributed by atoms with Gasteiger partial charge in [0.05, 0.1) is 0 Å². The Bertz CT molecular complexity index is 284. The van der Waals surface area contributed by atoms with Crippen molar-refractivity contribution >= 4 is 11.6 Å². The van der Waals surface area contributed by atoms with Gasteiger partial charge in [-0.25, -0.2) is 4.39 Å². The number of benzene rings is 1. The zero-order valence-electron chi connectivity index (χ0n) is 7.77. The van der Waals surface area contributed by atoms with E-state index in [1.165, 1.54) is 6.07 Å². The number of rotatable bonds is 3. The molecule has 1 atom stereocenters. The van der Waals surface area contributed by atoms with Gasteiger partial charge < -0.3 is 5.32 Å². The Morgan fingerprint density at radius 1 is 1.54 bits per heavy atom. The van der Waals surface area contributed by atoms with Gasteiger partial charge >= 0.3 is 0 Å². The molecular weight excluding hydrogens is 189 g/mol. The fourth-order valence-corrected chi connectivity index (χ4v) is 1.52. The van der Waals surface area contributed by atoms with Crippen LogP contribution in [0.5, 0.6) is 0 Å². The summed E-state index contributed by atoms with van der Waals surface area (Å²) < 4.78 is 13.4. The first-order chi connectivity index (χ1) is 6.19. The van der Waals surface area contributed by atoms with Crippen molar-refractivity contribution in [2.24, 2.45) is 0 Å². The Labute approximate surface area is 82.9 Å². The number of hydrogen-bond donors (Lipinski definition) is 1. The van der Waals surface area contributed by atoms with Crippen LogP contribution in [0.3, 0.4) is 0 Å². The fourth-order valence-electron chi connectivity index (χ4n) is 1.36. The van der Waals surface area contributed by atoms with Crippen LogP contribution in [0, 0.1) is 5.82 Å². The van der Waals surface area contributed by atoms with Crippen molar-refractivity contribution in [1.82, 2.24) is 5.32 Å². The summed E-state index contributed by atoms with van der Waals surface area (Å²) in [5, 5.41) is 3.48. The first kappa shape index (κ1) is 10.5. The molecular formula is C10H13ClFN. The minimum atomic E-state index is -0.242. The van der Waals surface area contributed by atoms with Crippen LogP contribution in [0.2, 0.25) is 5.02 Å². The topological polar surface area (TPSA) is 12.0 Å². The summed E-state index contributed by atoms with van der Waals surface area (Å²) in [6.07, 6.45) is 0.856. The zero-order chi connectivity index (χ0) is 9.84. The molecule has 0 heterocycles. The number of halogens is 2. The molecule has 0 aromatic heterocycles. The van der Waals surface area contributed by atoms with Crippen molar-refractivity contribution in [2.45, 2.75) is 19.4 Å². The molecule has 0 aliphatic carbocycles. The summed E-state index contributed by atoms with van der Waals surface area (Å²) in [6, 6.07) is 4.84. The summed E-state index contributed by atoms with van der Waals surface area (Å²) in [5.41, 5.74) is 0.675. The molecule has 1 N–H and O–H groups in total. The molecule has 0 amide bonds. The molecule has 72 valence electrons. The SMILES string of the molecule is CC[C@@H](NC)c1ccc(Cl)cc1F. The quantitative estimate of drug-likeness (QED) is 0.792. The van der Waals surface area contributed by atoms with Gasteiger partial charge in [-0.3, -0.25) is 0 Å². The van der Waals surface area contributed by atoms with E-state index < -0.39 is 0 Å². The fraction of sp³-hybridized carbons (Fsp3) is 0.400. The third-order valence-electron chi connectivity index (χ3n) is 2.09. The standard InChI is InChI=1S/C10H13ClFN/c1-3-10(13-2)8-5-4-7(11)6-9(8)12/h4-6,10,13H,3H2,1-2H3/t10-/m1/s1.